The number of halogens is 2. The summed E-state index contributed by atoms with van der Waals surface area (Å²) < 4.78 is 14.6. The summed E-state index contributed by atoms with van der Waals surface area (Å²) in [6, 6.07) is 19.3. The van der Waals surface area contributed by atoms with Crippen LogP contribution >= 0.6 is 23.2 Å². The van der Waals surface area contributed by atoms with Crippen molar-refractivity contribution in [2.75, 3.05) is 0 Å². The summed E-state index contributed by atoms with van der Waals surface area (Å²) in [5.74, 6) is 0.595. The molecule has 6 heteroatoms. The predicted molar refractivity (Wildman–Crippen MR) is 119 cm³/mol. The molecule has 4 rings (SSSR count). The van der Waals surface area contributed by atoms with E-state index in [9.17, 15) is 0 Å². The van der Waals surface area contributed by atoms with Crippen LogP contribution in [0.4, 0.5) is 0 Å². The first-order valence-electron chi connectivity index (χ1n) is 9.78. The first kappa shape index (κ1) is 20.7. The van der Waals surface area contributed by atoms with E-state index in [-0.39, 0.29) is 5.92 Å². The molecule has 0 N–H and O–H groups in total. The van der Waals surface area contributed by atoms with Gasteiger partial charge in [-0.2, -0.15) is 0 Å². The highest BCUT2D eigenvalue weighted by molar-refractivity contribution is 6.33. The van der Waals surface area contributed by atoms with E-state index in [1.807, 2.05) is 83.6 Å². The van der Waals surface area contributed by atoms with E-state index in [0.29, 0.717) is 10.8 Å². The van der Waals surface area contributed by atoms with Crippen LogP contribution in [0.25, 0.3) is 0 Å². The predicted octanol–water partition coefficient (Wildman–Crippen LogP) is 6.31. The minimum absolute atomic E-state index is 0.102. The zero-order chi connectivity index (χ0) is 20.8. The van der Waals surface area contributed by atoms with E-state index in [4.69, 9.17) is 32.7 Å². The number of ether oxygens (including phenoxy) is 2. The van der Waals surface area contributed by atoms with Gasteiger partial charge in [0.1, 0.15) is 5.75 Å². The van der Waals surface area contributed by atoms with E-state index in [1.54, 1.807) is 18.6 Å². The van der Waals surface area contributed by atoms with Gasteiger partial charge in [0.15, 0.2) is 5.06 Å². The SMILES string of the molecule is ClC1=CC(Cl)(OC(Oc2ccccc2)c2ccccc2)C(CCn2ccnc2)C=C1. The second-order valence-electron chi connectivity index (χ2n) is 7.07. The highest BCUT2D eigenvalue weighted by atomic mass is 35.5. The fraction of sp³-hybridized carbons (Fsp3) is 0.208. The quantitative estimate of drug-likeness (QED) is 0.304. The Morgan fingerprint density at radius 1 is 1.07 bits per heavy atom. The number of allylic oxidation sites excluding steroid dienone is 2. The van der Waals surface area contributed by atoms with Gasteiger partial charge < -0.3 is 14.0 Å². The number of para-hydroxylation sites is 1. The Bertz CT molecular complexity index is 991. The molecule has 0 amide bonds. The van der Waals surface area contributed by atoms with Gasteiger partial charge in [-0.15, -0.1) is 0 Å². The summed E-state index contributed by atoms with van der Waals surface area (Å²) in [6.07, 6.45) is 11.1. The van der Waals surface area contributed by atoms with Crippen molar-refractivity contribution in [1.82, 2.24) is 9.55 Å². The van der Waals surface area contributed by atoms with Crippen molar-refractivity contribution in [1.29, 1.82) is 0 Å². The Balaban J connectivity index is 1.58. The van der Waals surface area contributed by atoms with Gasteiger partial charge in [-0.3, -0.25) is 0 Å². The summed E-state index contributed by atoms with van der Waals surface area (Å²) in [6.45, 7) is 0.758. The zero-order valence-corrected chi connectivity index (χ0v) is 17.8. The van der Waals surface area contributed by atoms with Crippen LogP contribution in [0.1, 0.15) is 18.3 Å². The van der Waals surface area contributed by atoms with Gasteiger partial charge in [-0.05, 0) is 30.7 Å². The number of imidazole rings is 1. The van der Waals surface area contributed by atoms with E-state index in [2.05, 4.69) is 4.98 Å². The minimum atomic E-state index is -1.15. The average Bonchev–Trinajstić information content (AvgIpc) is 3.28. The molecule has 30 heavy (non-hydrogen) atoms. The molecule has 4 nitrogen and oxygen atoms in total. The Hall–Kier alpha value is -2.53. The molecule has 0 saturated carbocycles. The van der Waals surface area contributed by atoms with Crippen molar-refractivity contribution in [3.63, 3.8) is 0 Å². The first-order chi connectivity index (χ1) is 14.6. The zero-order valence-electron chi connectivity index (χ0n) is 16.3. The van der Waals surface area contributed by atoms with Crippen molar-refractivity contribution >= 4 is 23.2 Å². The van der Waals surface area contributed by atoms with E-state index >= 15 is 0 Å². The van der Waals surface area contributed by atoms with E-state index in [1.165, 1.54) is 0 Å². The summed E-state index contributed by atoms with van der Waals surface area (Å²) in [7, 11) is 0. The molecule has 2 aromatic carbocycles. The first-order valence-corrected chi connectivity index (χ1v) is 10.5. The molecule has 3 aromatic rings. The van der Waals surface area contributed by atoms with Crippen molar-refractivity contribution in [2.24, 2.45) is 5.92 Å². The van der Waals surface area contributed by atoms with Crippen LogP contribution in [-0.4, -0.2) is 14.6 Å². The van der Waals surface area contributed by atoms with Crippen LogP contribution in [0, 0.1) is 5.92 Å². The van der Waals surface area contributed by atoms with Crippen molar-refractivity contribution in [3.05, 3.63) is 108 Å². The topological polar surface area (TPSA) is 36.3 Å². The Labute approximate surface area is 186 Å². The number of alkyl halides is 1. The van der Waals surface area contributed by atoms with Crippen LogP contribution in [0.5, 0.6) is 5.75 Å². The van der Waals surface area contributed by atoms with Crippen LogP contribution in [0.2, 0.25) is 0 Å². The average molecular weight is 441 g/mol. The van der Waals surface area contributed by atoms with Crippen molar-refractivity contribution in [2.45, 2.75) is 24.3 Å². The molecule has 0 fully saturated rings. The van der Waals surface area contributed by atoms with Gasteiger partial charge in [0.2, 0.25) is 6.29 Å². The number of hydrogen-bond acceptors (Lipinski definition) is 3. The van der Waals surface area contributed by atoms with Crippen molar-refractivity contribution in [3.8, 4) is 5.75 Å². The summed E-state index contributed by atoms with van der Waals surface area (Å²) in [5.41, 5.74) is 0.869. The molecule has 0 saturated heterocycles. The molecule has 1 aliphatic rings. The van der Waals surface area contributed by atoms with Gasteiger partial charge >= 0.3 is 0 Å². The Morgan fingerprint density at radius 3 is 2.50 bits per heavy atom. The molecule has 0 bridgehead atoms. The number of aromatic nitrogens is 2. The molecule has 1 aromatic heterocycles. The Morgan fingerprint density at radius 2 is 1.80 bits per heavy atom. The van der Waals surface area contributed by atoms with Crippen LogP contribution < -0.4 is 4.74 Å². The lowest BCUT2D eigenvalue weighted by atomic mass is 9.93. The molecular formula is C24H22Cl2N2O2. The molecule has 3 unspecified atom stereocenters. The maximum Gasteiger partial charge on any atom is 0.228 e. The third kappa shape index (κ3) is 5.14. The van der Waals surface area contributed by atoms with Crippen LogP contribution in [0.3, 0.4) is 0 Å². The van der Waals surface area contributed by atoms with Crippen LogP contribution in [0.15, 0.2) is 103 Å². The second kappa shape index (κ2) is 9.52. The molecule has 1 heterocycles. The maximum atomic E-state index is 7.05. The number of hydrogen-bond donors (Lipinski definition) is 0. The lowest BCUT2D eigenvalue weighted by Gasteiger charge is -2.36. The van der Waals surface area contributed by atoms with Gasteiger partial charge in [-0.25, -0.2) is 4.98 Å². The highest BCUT2D eigenvalue weighted by Crippen LogP contribution is 2.42. The van der Waals surface area contributed by atoms with Gasteiger partial charge in [0, 0.05) is 35.5 Å². The molecule has 154 valence electrons. The summed E-state index contributed by atoms with van der Waals surface area (Å²) in [4.78, 5) is 4.10. The maximum absolute atomic E-state index is 7.05. The Kier molecular flexibility index (Phi) is 6.58. The number of benzene rings is 2. The lowest BCUT2D eigenvalue weighted by Crippen LogP contribution is -2.37. The molecule has 1 aliphatic carbocycles. The molecule has 3 atom stereocenters. The summed E-state index contributed by atoms with van der Waals surface area (Å²) >= 11 is 13.4. The number of aryl methyl sites for hydroxylation is 1. The largest absolute Gasteiger partial charge is 0.461 e. The van der Waals surface area contributed by atoms with Gasteiger partial charge in [-0.1, -0.05) is 77.8 Å². The smallest absolute Gasteiger partial charge is 0.228 e. The number of nitrogens with zero attached hydrogens (tertiary/aromatic N) is 2. The minimum Gasteiger partial charge on any atom is -0.461 e. The molecule has 0 aliphatic heterocycles. The summed E-state index contributed by atoms with van der Waals surface area (Å²) in [5, 5.41) is -0.614. The monoisotopic (exact) mass is 440 g/mol. The lowest BCUT2D eigenvalue weighted by molar-refractivity contribution is -0.138. The normalized spacial score (nSPS) is 21.8. The second-order valence-corrected chi connectivity index (χ2v) is 8.10. The molecular weight excluding hydrogens is 419 g/mol. The van der Waals surface area contributed by atoms with E-state index < -0.39 is 11.4 Å². The highest BCUT2D eigenvalue weighted by Gasteiger charge is 2.40. The standard InChI is InChI=1S/C24H22Cl2N2O2/c25-21-12-11-20(13-15-28-16-14-27-18-28)24(26,17-21)30-23(19-7-3-1-4-8-19)29-22-9-5-2-6-10-22/h1-12,14,16-18,20,23H,13,15H2. The van der Waals surface area contributed by atoms with Gasteiger partial charge in [0.25, 0.3) is 0 Å². The fourth-order valence-corrected chi connectivity index (χ4v) is 4.03. The van der Waals surface area contributed by atoms with Crippen LogP contribution in [-0.2, 0) is 11.3 Å². The third-order valence-electron chi connectivity index (χ3n) is 4.93. The third-order valence-corrected chi connectivity index (χ3v) is 5.64. The number of rotatable bonds is 8. The fourth-order valence-electron chi connectivity index (χ4n) is 3.36. The molecule has 0 radical (unpaired) electrons. The van der Waals surface area contributed by atoms with Crippen molar-refractivity contribution < 1.29 is 9.47 Å². The van der Waals surface area contributed by atoms with Gasteiger partial charge in [0.05, 0.1) is 6.33 Å². The molecule has 0 spiro atoms. The van der Waals surface area contributed by atoms with E-state index in [0.717, 1.165) is 18.5 Å².